The van der Waals surface area contributed by atoms with Crippen molar-refractivity contribution < 1.29 is 9.53 Å². The van der Waals surface area contributed by atoms with Crippen molar-refractivity contribution in [1.29, 1.82) is 0 Å². The molecule has 0 bridgehead atoms. The van der Waals surface area contributed by atoms with Gasteiger partial charge in [0, 0.05) is 43.8 Å². The maximum absolute atomic E-state index is 12.3. The SMILES string of the molecule is O=C(Cc1cccnc1)N1CC[C@@H](Oc2ccncc2Cl)C1. The van der Waals surface area contributed by atoms with Gasteiger partial charge < -0.3 is 9.64 Å². The van der Waals surface area contributed by atoms with Crippen LogP contribution in [0.1, 0.15) is 12.0 Å². The molecule has 2 aromatic rings. The van der Waals surface area contributed by atoms with Gasteiger partial charge in [-0.15, -0.1) is 0 Å². The third kappa shape index (κ3) is 3.54. The van der Waals surface area contributed by atoms with E-state index in [2.05, 4.69) is 9.97 Å². The Morgan fingerprint density at radius 1 is 1.32 bits per heavy atom. The lowest BCUT2D eigenvalue weighted by Crippen LogP contribution is -2.32. The van der Waals surface area contributed by atoms with Crippen molar-refractivity contribution in [3.05, 3.63) is 53.6 Å². The van der Waals surface area contributed by atoms with Gasteiger partial charge in [0.05, 0.1) is 13.0 Å². The minimum atomic E-state index is -0.0299. The monoisotopic (exact) mass is 317 g/mol. The van der Waals surface area contributed by atoms with E-state index in [4.69, 9.17) is 16.3 Å². The van der Waals surface area contributed by atoms with E-state index in [1.54, 1.807) is 30.9 Å². The molecule has 1 saturated heterocycles. The predicted molar refractivity (Wildman–Crippen MR) is 82.8 cm³/mol. The van der Waals surface area contributed by atoms with Gasteiger partial charge in [-0.3, -0.25) is 14.8 Å². The Morgan fingerprint density at radius 2 is 2.18 bits per heavy atom. The van der Waals surface area contributed by atoms with Crippen molar-refractivity contribution in [3.8, 4) is 5.75 Å². The van der Waals surface area contributed by atoms with E-state index in [-0.39, 0.29) is 12.0 Å². The summed E-state index contributed by atoms with van der Waals surface area (Å²) in [6.45, 7) is 1.28. The summed E-state index contributed by atoms with van der Waals surface area (Å²) in [5.74, 6) is 0.711. The summed E-state index contributed by atoms with van der Waals surface area (Å²) in [6.07, 6.45) is 7.76. The predicted octanol–water partition coefficient (Wildman–Crippen LogP) is 2.35. The molecule has 2 aromatic heterocycles. The molecule has 3 heterocycles. The average Bonchev–Trinajstić information content (AvgIpc) is 2.99. The van der Waals surface area contributed by atoms with Crippen LogP contribution in [0.15, 0.2) is 43.0 Å². The van der Waals surface area contributed by atoms with Crippen LogP contribution in [0.5, 0.6) is 5.75 Å². The van der Waals surface area contributed by atoms with Gasteiger partial charge in [-0.05, 0) is 11.6 Å². The fourth-order valence-electron chi connectivity index (χ4n) is 2.48. The number of hydrogen-bond acceptors (Lipinski definition) is 4. The van der Waals surface area contributed by atoms with Gasteiger partial charge in [-0.2, -0.15) is 0 Å². The fourth-order valence-corrected chi connectivity index (χ4v) is 2.64. The van der Waals surface area contributed by atoms with Crippen LogP contribution >= 0.6 is 11.6 Å². The van der Waals surface area contributed by atoms with Gasteiger partial charge in [0.2, 0.25) is 5.91 Å². The van der Waals surface area contributed by atoms with Crippen LogP contribution < -0.4 is 4.74 Å². The van der Waals surface area contributed by atoms with Gasteiger partial charge in [-0.25, -0.2) is 0 Å². The smallest absolute Gasteiger partial charge is 0.227 e. The van der Waals surface area contributed by atoms with E-state index < -0.39 is 0 Å². The zero-order valence-electron chi connectivity index (χ0n) is 12.0. The highest BCUT2D eigenvalue weighted by Crippen LogP contribution is 2.25. The molecule has 114 valence electrons. The summed E-state index contributed by atoms with van der Waals surface area (Å²) in [4.78, 5) is 22.1. The van der Waals surface area contributed by atoms with Crippen molar-refractivity contribution in [2.45, 2.75) is 18.9 Å². The Morgan fingerprint density at radius 3 is 2.95 bits per heavy atom. The van der Waals surface area contributed by atoms with Crippen LogP contribution in [0.2, 0.25) is 5.02 Å². The lowest BCUT2D eigenvalue weighted by atomic mass is 10.2. The Kier molecular flexibility index (Phi) is 4.53. The Hall–Kier alpha value is -2.14. The van der Waals surface area contributed by atoms with E-state index >= 15 is 0 Å². The number of halogens is 1. The normalized spacial score (nSPS) is 17.5. The van der Waals surface area contributed by atoms with E-state index in [9.17, 15) is 4.79 Å². The van der Waals surface area contributed by atoms with E-state index in [1.807, 2.05) is 17.0 Å². The van der Waals surface area contributed by atoms with Gasteiger partial charge in [0.1, 0.15) is 16.9 Å². The standard InChI is InChI=1S/C16H16ClN3O2/c17-14-10-19-6-3-15(14)22-13-4-7-20(11-13)16(21)8-12-2-1-5-18-9-12/h1-3,5-6,9-10,13H,4,7-8,11H2/t13-/m1/s1. The van der Waals surface area contributed by atoms with E-state index in [0.717, 1.165) is 12.0 Å². The molecule has 22 heavy (non-hydrogen) atoms. The highest BCUT2D eigenvalue weighted by molar-refractivity contribution is 6.31. The molecule has 0 spiro atoms. The molecule has 1 aliphatic heterocycles. The van der Waals surface area contributed by atoms with Crippen LogP contribution in [-0.2, 0) is 11.2 Å². The second-order valence-electron chi connectivity index (χ2n) is 5.21. The van der Waals surface area contributed by atoms with E-state index in [1.165, 1.54) is 0 Å². The first-order chi connectivity index (χ1) is 10.7. The lowest BCUT2D eigenvalue weighted by Gasteiger charge is -2.17. The first-order valence-corrected chi connectivity index (χ1v) is 7.53. The van der Waals surface area contributed by atoms with Crippen molar-refractivity contribution in [1.82, 2.24) is 14.9 Å². The number of aromatic nitrogens is 2. The summed E-state index contributed by atoms with van der Waals surface area (Å²) < 4.78 is 5.86. The van der Waals surface area contributed by atoms with Crippen LogP contribution in [-0.4, -0.2) is 40.0 Å². The molecule has 0 N–H and O–H groups in total. The van der Waals surface area contributed by atoms with E-state index in [0.29, 0.717) is 30.3 Å². The molecular formula is C16H16ClN3O2. The number of carbonyl (C=O) groups is 1. The second kappa shape index (κ2) is 6.75. The number of amides is 1. The molecule has 0 aliphatic carbocycles. The highest BCUT2D eigenvalue weighted by Gasteiger charge is 2.27. The maximum Gasteiger partial charge on any atom is 0.227 e. The van der Waals surface area contributed by atoms with Gasteiger partial charge >= 0.3 is 0 Å². The first-order valence-electron chi connectivity index (χ1n) is 7.15. The summed E-state index contributed by atoms with van der Waals surface area (Å²) >= 11 is 6.03. The molecule has 1 amide bonds. The average molecular weight is 318 g/mol. The maximum atomic E-state index is 12.3. The molecule has 0 aromatic carbocycles. The largest absolute Gasteiger partial charge is 0.487 e. The van der Waals surface area contributed by atoms with Crippen LogP contribution in [0, 0.1) is 0 Å². The zero-order valence-corrected chi connectivity index (χ0v) is 12.7. The topological polar surface area (TPSA) is 55.3 Å². The summed E-state index contributed by atoms with van der Waals surface area (Å²) in [5, 5.41) is 0.489. The van der Waals surface area contributed by atoms with Crippen LogP contribution in [0.3, 0.4) is 0 Å². The Balaban J connectivity index is 1.56. The van der Waals surface area contributed by atoms with Gasteiger partial charge in [-0.1, -0.05) is 17.7 Å². The molecule has 0 saturated carbocycles. The number of hydrogen-bond donors (Lipinski definition) is 0. The van der Waals surface area contributed by atoms with Crippen LogP contribution in [0.4, 0.5) is 0 Å². The number of likely N-dealkylation sites (tertiary alicyclic amines) is 1. The minimum Gasteiger partial charge on any atom is -0.487 e. The molecule has 1 aliphatic rings. The summed E-state index contributed by atoms with van der Waals surface area (Å²) in [7, 11) is 0. The quantitative estimate of drug-likeness (QED) is 0.868. The van der Waals surface area contributed by atoms with Crippen molar-refractivity contribution in [2.75, 3.05) is 13.1 Å². The van der Waals surface area contributed by atoms with Gasteiger partial charge in [0.25, 0.3) is 0 Å². The lowest BCUT2D eigenvalue weighted by molar-refractivity contribution is -0.129. The molecule has 1 atom stereocenters. The molecular weight excluding hydrogens is 302 g/mol. The number of nitrogens with zero attached hydrogens (tertiary/aromatic N) is 3. The third-order valence-corrected chi connectivity index (χ3v) is 3.89. The third-order valence-electron chi connectivity index (χ3n) is 3.60. The number of rotatable bonds is 4. The Bertz CT molecular complexity index is 651. The Labute approximate surface area is 133 Å². The zero-order chi connectivity index (χ0) is 15.4. The highest BCUT2D eigenvalue weighted by atomic mass is 35.5. The summed E-state index contributed by atoms with van der Waals surface area (Å²) in [6, 6.07) is 5.48. The van der Waals surface area contributed by atoms with Gasteiger partial charge in [0.15, 0.2) is 0 Å². The first kappa shape index (κ1) is 14.8. The number of ether oxygens (including phenoxy) is 1. The van der Waals surface area contributed by atoms with Crippen molar-refractivity contribution >= 4 is 17.5 Å². The number of carbonyl (C=O) groups excluding carboxylic acids is 1. The fraction of sp³-hybridized carbons (Fsp3) is 0.312. The number of pyridine rings is 2. The molecule has 0 unspecified atom stereocenters. The molecule has 3 rings (SSSR count). The molecule has 1 fully saturated rings. The van der Waals surface area contributed by atoms with Crippen molar-refractivity contribution in [3.63, 3.8) is 0 Å². The van der Waals surface area contributed by atoms with Crippen LogP contribution in [0.25, 0.3) is 0 Å². The summed E-state index contributed by atoms with van der Waals surface area (Å²) in [5.41, 5.74) is 0.925. The second-order valence-corrected chi connectivity index (χ2v) is 5.62. The van der Waals surface area contributed by atoms with Crippen molar-refractivity contribution in [2.24, 2.45) is 0 Å². The molecule has 0 radical (unpaired) electrons. The minimum absolute atomic E-state index is 0.0299. The molecule has 6 heteroatoms. The molecule has 5 nitrogen and oxygen atoms in total.